The third-order valence-corrected chi connectivity index (χ3v) is 7.34. The Morgan fingerprint density at radius 3 is 2.51 bits per heavy atom. The zero-order valence-corrected chi connectivity index (χ0v) is 22.1. The lowest BCUT2D eigenvalue weighted by molar-refractivity contribution is -0.111. The van der Waals surface area contributed by atoms with Crippen molar-refractivity contribution < 1.29 is 4.79 Å². The number of pyridine rings is 1. The molecule has 0 unspecified atom stereocenters. The molecule has 0 aliphatic heterocycles. The predicted octanol–water partition coefficient (Wildman–Crippen LogP) is 6.92. The SMILES string of the molecule is CC(=O)/C(=C(/C)N)c1ccn2c(NC3CCCCC3)c(CCc3ccc(C(C)C)c(Cl)c3)nc2c1. The number of ketones is 1. The Hall–Kier alpha value is -2.79. The normalized spacial score (nSPS) is 15.5. The van der Waals surface area contributed by atoms with Gasteiger partial charge in [0, 0.05) is 28.5 Å². The molecule has 0 spiro atoms. The van der Waals surface area contributed by atoms with Gasteiger partial charge in [-0.2, -0.15) is 0 Å². The summed E-state index contributed by atoms with van der Waals surface area (Å²) in [5, 5.41) is 4.64. The van der Waals surface area contributed by atoms with Gasteiger partial charge in [0.25, 0.3) is 0 Å². The lowest BCUT2D eigenvalue weighted by Gasteiger charge is -2.24. The van der Waals surface area contributed by atoms with E-state index in [2.05, 4.69) is 41.8 Å². The number of nitrogens with zero attached hydrogens (tertiary/aromatic N) is 2. The molecule has 0 radical (unpaired) electrons. The molecule has 0 bridgehead atoms. The number of Topliss-reactive ketones (excluding diaryl/α,β-unsaturated/α-hetero) is 1. The first-order chi connectivity index (χ1) is 16.7. The predicted molar refractivity (Wildman–Crippen MR) is 146 cm³/mol. The maximum atomic E-state index is 12.2. The van der Waals surface area contributed by atoms with Crippen LogP contribution in [0.25, 0.3) is 11.2 Å². The van der Waals surface area contributed by atoms with E-state index >= 15 is 0 Å². The number of aryl methyl sites for hydroxylation is 2. The van der Waals surface area contributed by atoms with Crippen LogP contribution in [-0.4, -0.2) is 21.2 Å². The highest BCUT2D eigenvalue weighted by atomic mass is 35.5. The van der Waals surface area contributed by atoms with Crippen LogP contribution in [-0.2, 0) is 17.6 Å². The minimum atomic E-state index is -0.0385. The zero-order chi connectivity index (χ0) is 25.1. The molecule has 5 nitrogen and oxygen atoms in total. The highest BCUT2D eigenvalue weighted by Crippen LogP contribution is 2.29. The number of nitrogens with two attached hydrogens (primary N) is 1. The molecule has 1 aliphatic rings. The number of allylic oxidation sites excluding steroid dienone is 2. The van der Waals surface area contributed by atoms with Gasteiger partial charge in [-0.05, 0) is 80.3 Å². The standard InChI is InChI=1S/C29H37ClN4O/c1-18(2)24-12-10-21(16-25(24)30)11-13-26-29(32-23-8-6-5-7-9-23)34-15-14-22(17-27(34)33-26)28(19(3)31)20(4)35/h10,12,14-18,23,32H,5-9,11,13,31H2,1-4H3/b28-19+. The fourth-order valence-electron chi connectivity index (χ4n) is 5.18. The molecule has 35 heavy (non-hydrogen) atoms. The molecule has 1 aromatic carbocycles. The molecule has 1 fully saturated rings. The van der Waals surface area contributed by atoms with Gasteiger partial charge in [-0.25, -0.2) is 4.98 Å². The average molecular weight is 493 g/mol. The fraction of sp³-hybridized carbons (Fsp3) is 0.448. The molecule has 0 saturated heterocycles. The number of hydrogen-bond acceptors (Lipinski definition) is 4. The number of carbonyl (C=O) groups is 1. The number of rotatable bonds is 8. The summed E-state index contributed by atoms with van der Waals surface area (Å²) in [7, 11) is 0. The molecule has 6 heteroatoms. The van der Waals surface area contributed by atoms with Gasteiger partial charge in [-0.1, -0.05) is 56.8 Å². The van der Waals surface area contributed by atoms with Crippen molar-refractivity contribution in [3.63, 3.8) is 0 Å². The minimum absolute atomic E-state index is 0.0385. The molecule has 186 valence electrons. The van der Waals surface area contributed by atoms with Crippen LogP contribution in [0.3, 0.4) is 0 Å². The van der Waals surface area contributed by atoms with E-state index in [1.54, 1.807) is 13.8 Å². The van der Waals surface area contributed by atoms with E-state index in [4.69, 9.17) is 22.3 Å². The monoisotopic (exact) mass is 492 g/mol. The van der Waals surface area contributed by atoms with Gasteiger partial charge in [0.2, 0.25) is 0 Å². The largest absolute Gasteiger partial charge is 0.402 e. The van der Waals surface area contributed by atoms with Crippen molar-refractivity contribution in [2.75, 3.05) is 5.32 Å². The highest BCUT2D eigenvalue weighted by molar-refractivity contribution is 6.31. The number of anilines is 1. The van der Waals surface area contributed by atoms with Crippen LogP contribution in [0.2, 0.25) is 5.02 Å². The van der Waals surface area contributed by atoms with Crippen molar-refractivity contribution in [3.05, 3.63) is 69.6 Å². The number of aromatic nitrogens is 2. The number of fused-ring (bicyclic) bond motifs is 1. The van der Waals surface area contributed by atoms with Crippen molar-refractivity contribution in [1.82, 2.24) is 9.38 Å². The number of nitrogens with one attached hydrogen (secondary N) is 1. The Morgan fingerprint density at radius 1 is 1.14 bits per heavy atom. The van der Waals surface area contributed by atoms with E-state index < -0.39 is 0 Å². The summed E-state index contributed by atoms with van der Waals surface area (Å²) in [5.74, 6) is 1.42. The van der Waals surface area contributed by atoms with E-state index in [0.29, 0.717) is 23.2 Å². The van der Waals surface area contributed by atoms with Crippen LogP contribution < -0.4 is 11.1 Å². The van der Waals surface area contributed by atoms with Gasteiger partial charge in [-0.3, -0.25) is 9.20 Å². The first-order valence-corrected chi connectivity index (χ1v) is 13.2. The van der Waals surface area contributed by atoms with Crippen molar-refractivity contribution in [3.8, 4) is 0 Å². The topological polar surface area (TPSA) is 72.4 Å². The fourth-order valence-corrected chi connectivity index (χ4v) is 5.60. The van der Waals surface area contributed by atoms with Crippen molar-refractivity contribution >= 4 is 34.4 Å². The quantitative estimate of drug-likeness (QED) is 0.335. The number of hydrogen-bond donors (Lipinski definition) is 2. The second kappa shape index (κ2) is 10.9. The molecule has 1 aliphatic carbocycles. The summed E-state index contributed by atoms with van der Waals surface area (Å²) < 4.78 is 2.12. The Morgan fingerprint density at radius 2 is 1.89 bits per heavy atom. The summed E-state index contributed by atoms with van der Waals surface area (Å²) in [5.41, 5.74) is 12.2. The molecule has 3 aromatic rings. The maximum Gasteiger partial charge on any atom is 0.162 e. The third-order valence-electron chi connectivity index (χ3n) is 7.02. The summed E-state index contributed by atoms with van der Waals surface area (Å²) in [4.78, 5) is 17.2. The second-order valence-corrected chi connectivity index (χ2v) is 10.6. The van der Waals surface area contributed by atoms with Crippen molar-refractivity contribution in [2.24, 2.45) is 5.73 Å². The summed E-state index contributed by atoms with van der Waals surface area (Å²) >= 11 is 6.55. The van der Waals surface area contributed by atoms with Crippen molar-refractivity contribution in [2.45, 2.75) is 84.6 Å². The van der Waals surface area contributed by atoms with Gasteiger partial charge in [0.1, 0.15) is 11.5 Å². The summed E-state index contributed by atoms with van der Waals surface area (Å²) in [6.07, 6.45) is 9.86. The van der Waals surface area contributed by atoms with Crippen LogP contribution in [0, 0.1) is 0 Å². The van der Waals surface area contributed by atoms with Crippen LogP contribution in [0.5, 0.6) is 0 Å². The first kappa shape index (κ1) is 25.3. The lowest BCUT2D eigenvalue weighted by atomic mass is 9.95. The second-order valence-electron chi connectivity index (χ2n) is 10.2. The van der Waals surface area contributed by atoms with Crippen LogP contribution >= 0.6 is 11.6 Å². The smallest absolute Gasteiger partial charge is 0.162 e. The van der Waals surface area contributed by atoms with Crippen LogP contribution in [0.1, 0.15) is 88.1 Å². The minimum Gasteiger partial charge on any atom is -0.402 e. The summed E-state index contributed by atoms with van der Waals surface area (Å²) in [6, 6.07) is 10.8. The molecule has 0 atom stereocenters. The Kier molecular flexibility index (Phi) is 7.85. The number of imidazole rings is 1. The molecular formula is C29H37ClN4O. The van der Waals surface area contributed by atoms with Gasteiger partial charge in [0.15, 0.2) is 5.78 Å². The molecular weight excluding hydrogens is 456 g/mol. The number of halogens is 1. The van der Waals surface area contributed by atoms with E-state index in [9.17, 15) is 4.79 Å². The average Bonchev–Trinajstić information content (AvgIpc) is 3.14. The van der Waals surface area contributed by atoms with Crippen LogP contribution in [0.15, 0.2) is 42.2 Å². The molecule has 0 amide bonds. The number of benzene rings is 1. The van der Waals surface area contributed by atoms with E-state index in [0.717, 1.165) is 40.6 Å². The van der Waals surface area contributed by atoms with Crippen molar-refractivity contribution in [1.29, 1.82) is 0 Å². The van der Waals surface area contributed by atoms with Crippen LogP contribution in [0.4, 0.5) is 5.82 Å². The number of carbonyl (C=O) groups excluding carboxylic acids is 1. The first-order valence-electron chi connectivity index (χ1n) is 12.8. The van der Waals surface area contributed by atoms with Gasteiger partial charge >= 0.3 is 0 Å². The summed E-state index contributed by atoms with van der Waals surface area (Å²) in [6.45, 7) is 7.64. The molecule has 2 aromatic heterocycles. The highest BCUT2D eigenvalue weighted by Gasteiger charge is 2.20. The lowest BCUT2D eigenvalue weighted by Crippen LogP contribution is -2.23. The van der Waals surface area contributed by atoms with E-state index in [1.807, 2.05) is 18.3 Å². The molecule has 3 N–H and O–H groups in total. The Labute approximate surface area is 213 Å². The van der Waals surface area contributed by atoms with Gasteiger partial charge < -0.3 is 11.1 Å². The molecule has 1 saturated carbocycles. The van der Waals surface area contributed by atoms with E-state index in [-0.39, 0.29) is 5.78 Å². The Balaban J connectivity index is 1.68. The Bertz CT molecular complexity index is 1250. The molecule has 4 rings (SSSR count). The third kappa shape index (κ3) is 5.72. The van der Waals surface area contributed by atoms with E-state index in [1.165, 1.54) is 43.2 Å². The van der Waals surface area contributed by atoms with Gasteiger partial charge in [-0.15, -0.1) is 0 Å². The van der Waals surface area contributed by atoms with Gasteiger partial charge in [0.05, 0.1) is 5.69 Å². The maximum absolute atomic E-state index is 12.2. The zero-order valence-electron chi connectivity index (χ0n) is 21.3. The molecule has 2 heterocycles.